The minimum atomic E-state index is -2.07. The zero-order chi connectivity index (χ0) is 55.5. The standard InChI is InChI=1S/C52H83FN4O18/c1-13-38-52(10,66)43(60)29(4)40(58)27(2)22-50(8,65)45(30(5)42(31(6)46(62)73-38)74-39-23-51(9,67-12)44(61)32(7)71-39)75-47-41(59)37(20-28(3)70-47)55(11)26-69-48(63)54-24-34-25-57(49(64)72-34)33-14-15-36(35(53)21-33)56-16-18-68-19-17-56/h14-15,21,27-32,34,37-39,41-45,47,59-61,65-66H,13,16-20,22-26H2,1-12H3,(H,54,63)/t27-,28-,29+,30+,31-,32+,34+,37+,38-,39-,41-,42+,43-,44+,45-,47+,50-,51-,52-/m1/s1. The molecule has 1 aromatic rings. The molecule has 0 unspecified atom stereocenters. The highest BCUT2D eigenvalue weighted by molar-refractivity contribution is 5.90. The molecule has 426 valence electrons. The summed E-state index contributed by atoms with van der Waals surface area (Å²) in [6.45, 7) is 17.4. The Hall–Kier alpha value is -3.85. The number of hydrogen-bond donors (Lipinski definition) is 6. The van der Waals surface area contributed by atoms with E-state index >= 15 is 4.39 Å². The summed E-state index contributed by atoms with van der Waals surface area (Å²) in [6.07, 6.45) is -14.2. The molecule has 0 spiro atoms. The highest BCUT2D eigenvalue weighted by atomic mass is 19.1. The zero-order valence-corrected chi connectivity index (χ0v) is 45.5. The maximum Gasteiger partial charge on any atom is 0.414 e. The third-order valence-electron chi connectivity index (χ3n) is 16.1. The number of alkyl carbamates (subject to hydrolysis) is 1. The van der Waals surface area contributed by atoms with Crippen LogP contribution in [0, 0.1) is 29.5 Å². The average Bonchev–Trinajstić information content (AvgIpc) is 3.75. The Morgan fingerprint density at radius 1 is 0.933 bits per heavy atom. The van der Waals surface area contributed by atoms with E-state index in [1.54, 1.807) is 72.5 Å². The Bertz CT molecular complexity index is 2120. The Morgan fingerprint density at radius 3 is 2.25 bits per heavy atom. The molecule has 5 aliphatic heterocycles. The van der Waals surface area contributed by atoms with Crippen molar-refractivity contribution in [3.63, 3.8) is 0 Å². The summed E-state index contributed by atoms with van der Waals surface area (Å²) in [4.78, 5) is 59.1. The van der Waals surface area contributed by atoms with Gasteiger partial charge in [-0.15, -0.1) is 0 Å². The number of likely N-dealkylation sites (N-methyl/N-ethyl adjacent to an activating group) is 1. The van der Waals surface area contributed by atoms with Gasteiger partial charge in [0.15, 0.2) is 12.6 Å². The van der Waals surface area contributed by atoms with Crippen LogP contribution in [0.4, 0.5) is 25.4 Å². The highest BCUT2D eigenvalue weighted by Crippen LogP contribution is 2.41. The summed E-state index contributed by atoms with van der Waals surface area (Å²) in [5.74, 6) is -6.10. The highest BCUT2D eigenvalue weighted by Gasteiger charge is 2.54. The smallest absolute Gasteiger partial charge is 0.414 e. The number of nitrogens with zero attached hydrogens (tertiary/aromatic N) is 3. The van der Waals surface area contributed by atoms with Gasteiger partial charge in [0.2, 0.25) is 0 Å². The molecule has 6 rings (SSSR count). The van der Waals surface area contributed by atoms with Crippen LogP contribution in [0.1, 0.15) is 94.9 Å². The quantitative estimate of drug-likeness (QED) is 0.0942. The second-order valence-electron chi connectivity index (χ2n) is 22.1. The van der Waals surface area contributed by atoms with Crippen LogP contribution in [0.15, 0.2) is 18.2 Å². The van der Waals surface area contributed by atoms with Gasteiger partial charge >= 0.3 is 18.2 Å². The Morgan fingerprint density at radius 2 is 1.61 bits per heavy atom. The van der Waals surface area contributed by atoms with E-state index in [0.717, 1.165) is 0 Å². The minimum Gasteiger partial charge on any atom is -0.459 e. The number of halogens is 1. The topological polar surface area (TPSA) is 274 Å². The molecule has 5 saturated heterocycles. The number of cyclic esters (lactones) is 2. The number of amides is 2. The van der Waals surface area contributed by atoms with Gasteiger partial charge in [-0.05, 0) is 86.1 Å². The zero-order valence-electron chi connectivity index (χ0n) is 45.5. The number of ether oxygens (including phenoxy) is 9. The largest absolute Gasteiger partial charge is 0.459 e. The third kappa shape index (κ3) is 13.7. The summed E-state index contributed by atoms with van der Waals surface area (Å²) in [7, 11) is 3.07. The maximum atomic E-state index is 15.2. The van der Waals surface area contributed by atoms with Crippen LogP contribution in [0.2, 0.25) is 0 Å². The number of aliphatic hydroxyl groups is 5. The summed E-state index contributed by atoms with van der Waals surface area (Å²) in [5, 5.41) is 61.6. The van der Waals surface area contributed by atoms with Crippen LogP contribution in [-0.2, 0) is 52.2 Å². The third-order valence-corrected chi connectivity index (χ3v) is 16.1. The minimum absolute atomic E-state index is 0.0140. The molecule has 22 nitrogen and oxygen atoms in total. The number of anilines is 2. The van der Waals surface area contributed by atoms with Crippen molar-refractivity contribution < 1.29 is 91.7 Å². The van der Waals surface area contributed by atoms with Crippen LogP contribution in [0.25, 0.3) is 0 Å². The molecule has 0 bridgehead atoms. The van der Waals surface area contributed by atoms with E-state index in [2.05, 4.69) is 5.32 Å². The molecule has 1 aromatic carbocycles. The number of rotatable bonds is 13. The number of carbonyl (C=O) groups excluding carboxylic acids is 4. The van der Waals surface area contributed by atoms with E-state index in [0.29, 0.717) is 37.7 Å². The second-order valence-corrected chi connectivity index (χ2v) is 22.1. The summed E-state index contributed by atoms with van der Waals surface area (Å²) in [5.41, 5.74) is -4.46. The van der Waals surface area contributed by atoms with Gasteiger partial charge < -0.3 is 78.4 Å². The number of aliphatic hydroxyl groups excluding tert-OH is 3. The predicted molar refractivity (Wildman–Crippen MR) is 267 cm³/mol. The predicted octanol–water partition coefficient (Wildman–Crippen LogP) is 2.84. The molecule has 2 amide bonds. The first-order chi connectivity index (χ1) is 35.1. The molecule has 23 heteroatoms. The van der Waals surface area contributed by atoms with E-state index in [4.69, 9.17) is 42.6 Å². The number of benzene rings is 1. The Kier molecular flexibility index (Phi) is 20.0. The number of carbonyl (C=O) groups is 4. The lowest BCUT2D eigenvalue weighted by Gasteiger charge is -2.49. The molecule has 0 aromatic heterocycles. The number of ketones is 1. The first-order valence-electron chi connectivity index (χ1n) is 26.2. The fraction of sp³-hybridized carbons (Fsp3) is 0.808. The van der Waals surface area contributed by atoms with E-state index in [1.165, 1.54) is 38.8 Å². The van der Waals surface area contributed by atoms with Crippen molar-refractivity contribution in [2.24, 2.45) is 23.7 Å². The van der Waals surface area contributed by atoms with Crippen LogP contribution in [0.3, 0.4) is 0 Å². The number of Topliss-reactive ketones (excluding diaryl/α,β-unsaturated/α-hetero) is 1. The number of nitrogens with one attached hydrogen (secondary N) is 1. The van der Waals surface area contributed by atoms with Crippen LogP contribution < -0.4 is 15.1 Å². The molecule has 6 N–H and O–H groups in total. The van der Waals surface area contributed by atoms with E-state index in [9.17, 15) is 44.7 Å². The number of hydrogen-bond acceptors (Lipinski definition) is 20. The first kappa shape index (κ1) is 60.4. The van der Waals surface area contributed by atoms with Crippen molar-refractivity contribution in [3.8, 4) is 0 Å². The van der Waals surface area contributed by atoms with Crippen LogP contribution in [0.5, 0.6) is 0 Å². The van der Waals surface area contributed by atoms with Crippen molar-refractivity contribution >= 4 is 35.3 Å². The van der Waals surface area contributed by atoms with Crippen molar-refractivity contribution in [1.29, 1.82) is 0 Å². The van der Waals surface area contributed by atoms with Gasteiger partial charge in [0.05, 0.1) is 85.3 Å². The molecule has 0 saturated carbocycles. The number of morpholine rings is 1. The monoisotopic (exact) mass is 1070 g/mol. The first-order valence-corrected chi connectivity index (χ1v) is 26.2. The Balaban J connectivity index is 1.18. The van der Waals surface area contributed by atoms with Crippen molar-refractivity contribution in [1.82, 2.24) is 10.2 Å². The van der Waals surface area contributed by atoms with E-state index < -0.39 is 144 Å². The summed E-state index contributed by atoms with van der Waals surface area (Å²) < 4.78 is 69.0. The average molecular weight is 1070 g/mol. The van der Waals surface area contributed by atoms with Crippen LogP contribution >= 0.6 is 0 Å². The summed E-state index contributed by atoms with van der Waals surface area (Å²) in [6, 6.07) is 3.75. The maximum absolute atomic E-state index is 15.2. The normalized spacial score (nSPS) is 40.7. The SMILES string of the molecule is CC[C@H]1OC(=O)[C@H](C)[C@@H](O[C@@H]2C[C@@](C)(OC)[C@@H](O)[C@H](C)O2)[C@H](C)[C@@H](O[C@@H]2O[C@H](C)C[C@H](N(C)COC(=O)NC[C@H]3CN(c4ccc(N5CCOCC5)c(F)c4)C(=O)O3)[C@H]2O)[C@](C)(O)C[C@@H](C)C(=O)[C@H](C)[C@@H](O)[C@]1(C)O. The van der Waals surface area contributed by atoms with Gasteiger partial charge in [0, 0.05) is 50.4 Å². The molecule has 19 atom stereocenters. The van der Waals surface area contributed by atoms with Gasteiger partial charge in [-0.3, -0.25) is 19.4 Å². The molecular formula is C52H83FN4O18. The van der Waals surface area contributed by atoms with Gasteiger partial charge in [-0.25, -0.2) is 14.0 Å². The Labute approximate surface area is 439 Å². The lowest BCUT2D eigenvalue weighted by molar-refractivity contribution is -0.318. The lowest BCUT2D eigenvalue weighted by atomic mass is 9.74. The number of esters is 1. The fourth-order valence-corrected chi connectivity index (χ4v) is 11.4. The molecule has 0 radical (unpaired) electrons. The molecule has 0 aliphatic carbocycles. The molecule has 75 heavy (non-hydrogen) atoms. The van der Waals surface area contributed by atoms with Crippen molar-refractivity contribution in [3.05, 3.63) is 24.0 Å². The molecule has 5 fully saturated rings. The van der Waals surface area contributed by atoms with Crippen LogP contribution in [-0.4, -0.2) is 205 Å². The lowest BCUT2D eigenvalue weighted by Crippen LogP contribution is -2.61. The number of methoxy groups -OCH3 is 1. The molecule has 5 heterocycles. The van der Waals surface area contributed by atoms with Gasteiger partial charge in [0.1, 0.15) is 48.3 Å². The fourth-order valence-electron chi connectivity index (χ4n) is 11.4. The summed E-state index contributed by atoms with van der Waals surface area (Å²) >= 11 is 0. The molecule has 5 aliphatic rings. The molecular weight excluding hydrogens is 988 g/mol. The van der Waals surface area contributed by atoms with E-state index in [-0.39, 0.29) is 45.5 Å². The van der Waals surface area contributed by atoms with Gasteiger partial charge in [-0.2, -0.15) is 0 Å². The van der Waals surface area contributed by atoms with Gasteiger partial charge in [-0.1, -0.05) is 27.7 Å². The second kappa shape index (κ2) is 24.9. The van der Waals surface area contributed by atoms with Crippen molar-refractivity contribution in [2.75, 3.05) is 70.1 Å². The van der Waals surface area contributed by atoms with Crippen molar-refractivity contribution in [2.45, 2.75) is 185 Å². The van der Waals surface area contributed by atoms with E-state index in [1.807, 2.05) is 4.90 Å². The van der Waals surface area contributed by atoms with Gasteiger partial charge in [0.25, 0.3) is 0 Å².